The summed E-state index contributed by atoms with van der Waals surface area (Å²) in [6.45, 7) is 6.65. The van der Waals surface area contributed by atoms with Crippen LogP contribution in [0.25, 0.3) is 0 Å². The second-order valence-electron chi connectivity index (χ2n) is 5.15. The molecule has 0 amide bonds. The van der Waals surface area contributed by atoms with E-state index in [0.717, 1.165) is 13.0 Å². The summed E-state index contributed by atoms with van der Waals surface area (Å²) < 4.78 is 33.1. The molecule has 0 aromatic carbocycles. The normalized spacial score (nSPS) is 12.2. The molecule has 0 fully saturated rings. The Kier molecular flexibility index (Phi) is 7.87. The molecule has 1 aromatic rings. The fourth-order valence-corrected chi connectivity index (χ4v) is 2.77. The molecule has 122 valence electrons. The molecule has 0 bridgehead atoms. The van der Waals surface area contributed by atoms with Gasteiger partial charge in [-0.2, -0.15) is 5.10 Å². The molecule has 21 heavy (non-hydrogen) atoms. The predicted octanol–water partition coefficient (Wildman–Crippen LogP) is 0.586. The number of methoxy groups -OCH3 is 1. The molecule has 0 aliphatic heterocycles. The van der Waals surface area contributed by atoms with Crippen LogP contribution in [0.3, 0.4) is 0 Å². The van der Waals surface area contributed by atoms with Gasteiger partial charge in [0.25, 0.3) is 0 Å². The molecule has 0 aliphatic carbocycles. The van der Waals surface area contributed by atoms with Crippen molar-refractivity contribution in [1.82, 2.24) is 19.8 Å². The maximum Gasteiger partial charge on any atom is 0.243 e. The molecule has 0 saturated heterocycles. The third-order valence-corrected chi connectivity index (χ3v) is 4.27. The number of nitrogens with one attached hydrogen (secondary N) is 2. The van der Waals surface area contributed by atoms with Gasteiger partial charge in [-0.1, -0.05) is 13.8 Å². The van der Waals surface area contributed by atoms with Gasteiger partial charge in [0.15, 0.2) is 0 Å². The standard InChI is InChI=1S/C13H26N4O3S/c1-12(2)14-6-4-8-17-11-13(10-15-17)21(18,19)16-7-5-9-20-3/h10-12,14,16H,4-9H2,1-3H3. The molecular weight excluding hydrogens is 292 g/mol. The van der Waals surface area contributed by atoms with Gasteiger partial charge in [0.1, 0.15) is 4.90 Å². The second kappa shape index (κ2) is 9.14. The SMILES string of the molecule is COCCCNS(=O)(=O)c1cnn(CCCNC(C)C)c1. The summed E-state index contributed by atoms with van der Waals surface area (Å²) >= 11 is 0. The lowest BCUT2D eigenvalue weighted by atomic mass is 10.3. The number of hydrogen-bond donors (Lipinski definition) is 2. The summed E-state index contributed by atoms with van der Waals surface area (Å²) in [4.78, 5) is 0.205. The van der Waals surface area contributed by atoms with E-state index in [1.165, 1.54) is 6.20 Å². The first-order chi connectivity index (χ1) is 9.95. The van der Waals surface area contributed by atoms with Crippen molar-refractivity contribution in [2.45, 2.75) is 44.2 Å². The molecule has 2 N–H and O–H groups in total. The van der Waals surface area contributed by atoms with E-state index in [1.807, 2.05) is 0 Å². The Morgan fingerprint density at radius 3 is 2.76 bits per heavy atom. The predicted molar refractivity (Wildman–Crippen MR) is 81.7 cm³/mol. The van der Waals surface area contributed by atoms with Crippen LogP contribution in [0.15, 0.2) is 17.3 Å². The van der Waals surface area contributed by atoms with E-state index in [0.29, 0.717) is 32.2 Å². The van der Waals surface area contributed by atoms with Crippen molar-refractivity contribution in [1.29, 1.82) is 0 Å². The molecule has 0 atom stereocenters. The van der Waals surface area contributed by atoms with Gasteiger partial charge >= 0.3 is 0 Å². The maximum atomic E-state index is 12.0. The van der Waals surface area contributed by atoms with E-state index in [1.54, 1.807) is 18.0 Å². The maximum absolute atomic E-state index is 12.0. The smallest absolute Gasteiger partial charge is 0.243 e. The third kappa shape index (κ3) is 7.03. The highest BCUT2D eigenvalue weighted by Gasteiger charge is 2.15. The van der Waals surface area contributed by atoms with Crippen LogP contribution < -0.4 is 10.0 Å². The van der Waals surface area contributed by atoms with E-state index >= 15 is 0 Å². The zero-order chi connectivity index (χ0) is 15.7. The number of aryl methyl sites for hydroxylation is 1. The number of hydrogen-bond acceptors (Lipinski definition) is 5. The highest BCUT2D eigenvalue weighted by molar-refractivity contribution is 7.89. The molecule has 0 spiro atoms. The number of rotatable bonds is 11. The average Bonchev–Trinajstić information content (AvgIpc) is 2.89. The molecule has 1 aromatic heterocycles. The lowest BCUT2D eigenvalue weighted by molar-refractivity contribution is 0.196. The van der Waals surface area contributed by atoms with Gasteiger partial charge in [-0.3, -0.25) is 4.68 Å². The molecule has 8 heteroatoms. The van der Waals surface area contributed by atoms with E-state index in [4.69, 9.17) is 4.74 Å². The lowest BCUT2D eigenvalue weighted by Crippen LogP contribution is -2.25. The quantitative estimate of drug-likeness (QED) is 0.583. The minimum Gasteiger partial charge on any atom is -0.385 e. The third-order valence-electron chi connectivity index (χ3n) is 2.85. The second-order valence-corrected chi connectivity index (χ2v) is 6.91. The highest BCUT2D eigenvalue weighted by Crippen LogP contribution is 2.07. The zero-order valence-electron chi connectivity index (χ0n) is 13.0. The largest absolute Gasteiger partial charge is 0.385 e. The monoisotopic (exact) mass is 318 g/mol. The van der Waals surface area contributed by atoms with E-state index in [2.05, 4.69) is 29.0 Å². The van der Waals surface area contributed by atoms with Crippen LogP contribution in [0.1, 0.15) is 26.7 Å². The van der Waals surface area contributed by atoms with Gasteiger partial charge < -0.3 is 10.1 Å². The lowest BCUT2D eigenvalue weighted by Gasteiger charge is -2.07. The van der Waals surface area contributed by atoms with Gasteiger partial charge in [-0.15, -0.1) is 0 Å². The van der Waals surface area contributed by atoms with Crippen molar-refractivity contribution in [2.24, 2.45) is 0 Å². The Morgan fingerprint density at radius 1 is 1.33 bits per heavy atom. The average molecular weight is 318 g/mol. The van der Waals surface area contributed by atoms with E-state index in [-0.39, 0.29) is 4.90 Å². The Labute approximate surface area is 127 Å². The molecule has 7 nitrogen and oxygen atoms in total. The first-order valence-electron chi connectivity index (χ1n) is 7.20. The molecule has 0 unspecified atom stereocenters. The topological polar surface area (TPSA) is 85.2 Å². The minimum absolute atomic E-state index is 0.205. The summed E-state index contributed by atoms with van der Waals surface area (Å²) in [6, 6.07) is 0.454. The van der Waals surface area contributed by atoms with E-state index in [9.17, 15) is 8.42 Å². The molecule has 0 radical (unpaired) electrons. The van der Waals surface area contributed by atoms with Crippen LogP contribution in [0.4, 0.5) is 0 Å². The van der Waals surface area contributed by atoms with Crippen molar-refractivity contribution >= 4 is 10.0 Å². The first-order valence-corrected chi connectivity index (χ1v) is 8.68. The van der Waals surface area contributed by atoms with E-state index < -0.39 is 10.0 Å². The van der Waals surface area contributed by atoms with Crippen LogP contribution in [0, 0.1) is 0 Å². The van der Waals surface area contributed by atoms with Gasteiger partial charge in [0, 0.05) is 39.0 Å². The number of ether oxygens (including phenoxy) is 1. The zero-order valence-corrected chi connectivity index (χ0v) is 13.8. The first kappa shape index (κ1) is 18.1. The van der Waals surface area contributed by atoms with Gasteiger partial charge in [-0.05, 0) is 19.4 Å². The summed E-state index contributed by atoms with van der Waals surface area (Å²) in [7, 11) is -1.88. The van der Waals surface area contributed by atoms with Gasteiger partial charge in [-0.25, -0.2) is 13.1 Å². The molecule has 1 heterocycles. The summed E-state index contributed by atoms with van der Waals surface area (Å²) in [5.74, 6) is 0. The summed E-state index contributed by atoms with van der Waals surface area (Å²) in [5.41, 5.74) is 0. The van der Waals surface area contributed by atoms with Crippen molar-refractivity contribution in [2.75, 3.05) is 26.8 Å². The van der Waals surface area contributed by atoms with Crippen LogP contribution in [-0.4, -0.2) is 51.0 Å². The molecular formula is C13H26N4O3S. The number of aromatic nitrogens is 2. The van der Waals surface area contributed by atoms with Crippen molar-refractivity contribution in [3.63, 3.8) is 0 Å². The Morgan fingerprint density at radius 2 is 2.10 bits per heavy atom. The van der Waals surface area contributed by atoms with Gasteiger partial charge in [0.05, 0.1) is 6.20 Å². The summed E-state index contributed by atoms with van der Waals surface area (Å²) in [6.07, 6.45) is 4.49. The summed E-state index contributed by atoms with van der Waals surface area (Å²) in [5, 5.41) is 7.40. The van der Waals surface area contributed by atoms with Crippen LogP contribution in [0.2, 0.25) is 0 Å². The minimum atomic E-state index is -3.47. The Balaban J connectivity index is 2.42. The van der Waals surface area contributed by atoms with Crippen molar-refractivity contribution < 1.29 is 13.2 Å². The van der Waals surface area contributed by atoms with Crippen molar-refractivity contribution in [3.05, 3.63) is 12.4 Å². The van der Waals surface area contributed by atoms with Gasteiger partial charge in [0.2, 0.25) is 10.0 Å². The van der Waals surface area contributed by atoms with Crippen molar-refractivity contribution in [3.8, 4) is 0 Å². The number of nitrogens with zero attached hydrogens (tertiary/aromatic N) is 2. The fourth-order valence-electron chi connectivity index (χ4n) is 1.74. The molecule has 0 aliphatic rings. The molecule has 0 saturated carbocycles. The van der Waals surface area contributed by atoms with Crippen LogP contribution in [0.5, 0.6) is 0 Å². The number of sulfonamides is 1. The van der Waals surface area contributed by atoms with Crippen LogP contribution in [-0.2, 0) is 21.3 Å². The molecule has 1 rings (SSSR count). The highest BCUT2D eigenvalue weighted by atomic mass is 32.2. The Hall–Kier alpha value is -0.960. The van der Waals surface area contributed by atoms with Crippen LogP contribution >= 0.6 is 0 Å². The Bertz CT molecular complexity index is 499. The fraction of sp³-hybridized carbons (Fsp3) is 0.769.